The van der Waals surface area contributed by atoms with Crippen molar-refractivity contribution in [1.82, 2.24) is 15.5 Å². The van der Waals surface area contributed by atoms with E-state index in [1.807, 2.05) is 0 Å². The van der Waals surface area contributed by atoms with E-state index in [9.17, 15) is 19.2 Å². The zero-order chi connectivity index (χ0) is 11.7. The lowest BCUT2D eigenvalue weighted by molar-refractivity contribution is -0.147. The molecule has 0 spiro atoms. The summed E-state index contributed by atoms with van der Waals surface area (Å²) in [6, 6.07) is 0. The number of carbonyl (C=O) groups excluding carboxylic acids is 4. The molecular formula is C9H11N3O4. The molecular weight excluding hydrogens is 214 g/mol. The van der Waals surface area contributed by atoms with Gasteiger partial charge < -0.3 is 10.2 Å². The van der Waals surface area contributed by atoms with Crippen LogP contribution in [0.4, 0.5) is 0 Å². The van der Waals surface area contributed by atoms with E-state index in [0.717, 1.165) is 0 Å². The second kappa shape index (κ2) is 3.92. The van der Waals surface area contributed by atoms with Crippen molar-refractivity contribution < 1.29 is 19.2 Å². The van der Waals surface area contributed by atoms with E-state index in [1.54, 1.807) is 0 Å². The van der Waals surface area contributed by atoms with Gasteiger partial charge >= 0.3 is 0 Å². The third-order valence-electron chi connectivity index (χ3n) is 2.59. The summed E-state index contributed by atoms with van der Waals surface area (Å²) in [6.07, 6.45) is 0.130. The third kappa shape index (κ3) is 2.02. The Bertz CT molecular complexity index is 363. The van der Waals surface area contributed by atoms with Crippen LogP contribution in [0.3, 0.4) is 0 Å². The van der Waals surface area contributed by atoms with Gasteiger partial charge in [-0.1, -0.05) is 0 Å². The van der Waals surface area contributed by atoms with Crippen LogP contribution in [-0.2, 0) is 19.2 Å². The van der Waals surface area contributed by atoms with Crippen molar-refractivity contribution in [3.05, 3.63) is 0 Å². The molecule has 0 saturated carbocycles. The molecule has 7 heteroatoms. The van der Waals surface area contributed by atoms with E-state index in [4.69, 9.17) is 0 Å². The van der Waals surface area contributed by atoms with E-state index in [-0.39, 0.29) is 37.9 Å². The fourth-order valence-corrected chi connectivity index (χ4v) is 1.83. The number of piperazine rings is 1. The minimum absolute atomic E-state index is 0.116. The van der Waals surface area contributed by atoms with Gasteiger partial charge in [-0.3, -0.25) is 24.5 Å². The number of nitrogens with one attached hydrogen (secondary N) is 2. The Morgan fingerprint density at radius 3 is 2.25 bits per heavy atom. The summed E-state index contributed by atoms with van der Waals surface area (Å²) in [7, 11) is 0. The molecule has 4 amide bonds. The largest absolute Gasteiger partial charge is 0.355 e. The number of hydrogen-bond donors (Lipinski definition) is 2. The van der Waals surface area contributed by atoms with Crippen molar-refractivity contribution in [2.45, 2.75) is 6.42 Å². The van der Waals surface area contributed by atoms with Gasteiger partial charge in [0.25, 0.3) is 0 Å². The minimum Gasteiger partial charge on any atom is -0.355 e. The fourth-order valence-electron chi connectivity index (χ4n) is 1.83. The predicted octanol–water partition coefficient (Wildman–Crippen LogP) is -2.39. The zero-order valence-corrected chi connectivity index (χ0v) is 8.49. The molecule has 0 aromatic rings. The number of hydrogen-bond acceptors (Lipinski definition) is 4. The molecule has 2 heterocycles. The maximum Gasteiger partial charge on any atom is 0.246 e. The molecule has 0 aromatic heterocycles. The van der Waals surface area contributed by atoms with Crippen LogP contribution in [-0.4, -0.2) is 48.2 Å². The third-order valence-corrected chi connectivity index (χ3v) is 2.59. The van der Waals surface area contributed by atoms with Crippen molar-refractivity contribution >= 4 is 23.6 Å². The molecule has 86 valence electrons. The minimum atomic E-state index is -0.484. The van der Waals surface area contributed by atoms with Crippen LogP contribution in [0.1, 0.15) is 6.42 Å². The second-order valence-electron chi connectivity index (χ2n) is 3.87. The molecule has 2 rings (SSSR count). The molecule has 0 radical (unpaired) electrons. The van der Waals surface area contributed by atoms with Gasteiger partial charge in [-0.25, -0.2) is 0 Å². The summed E-state index contributed by atoms with van der Waals surface area (Å²) in [5, 5.41) is 4.65. The Balaban J connectivity index is 2.01. The maximum absolute atomic E-state index is 11.8. The van der Waals surface area contributed by atoms with Crippen molar-refractivity contribution in [3.8, 4) is 0 Å². The lowest BCUT2D eigenvalue weighted by Gasteiger charge is -2.27. The monoisotopic (exact) mass is 225 g/mol. The number of rotatable bonds is 1. The normalized spacial score (nSPS) is 25.4. The van der Waals surface area contributed by atoms with E-state index in [2.05, 4.69) is 10.6 Å². The van der Waals surface area contributed by atoms with Gasteiger partial charge in [-0.15, -0.1) is 0 Å². The molecule has 7 nitrogen and oxygen atoms in total. The van der Waals surface area contributed by atoms with Gasteiger partial charge in [-0.2, -0.15) is 0 Å². The number of amides is 4. The van der Waals surface area contributed by atoms with Gasteiger partial charge in [0, 0.05) is 13.0 Å². The number of nitrogens with zero attached hydrogens (tertiary/aromatic N) is 1. The standard InChI is InChI=1S/C9H11N3O4/c13-6-1-5(2-10-6)9(16)12-3-7(14)11-8(15)4-12/h5H,1-4H2,(H,10,13)(H,11,14,15). The highest BCUT2D eigenvalue weighted by Gasteiger charge is 2.34. The van der Waals surface area contributed by atoms with Crippen molar-refractivity contribution in [3.63, 3.8) is 0 Å². The Morgan fingerprint density at radius 1 is 1.12 bits per heavy atom. The first-order valence-corrected chi connectivity index (χ1v) is 4.94. The second-order valence-corrected chi connectivity index (χ2v) is 3.87. The molecule has 0 bridgehead atoms. The lowest BCUT2D eigenvalue weighted by atomic mass is 10.1. The highest BCUT2D eigenvalue weighted by atomic mass is 16.2. The van der Waals surface area contributed by atoms with Crippen molar-refractivity contribution in [2.24, 2.45) is 5.92 Å². The maximum atomic E-state index is 11.8. The average molecular weight is 225 g/mol. The fraction of sp³-hybridized carbons (Fsp3) is 0.556. The van der Waals surface area contributed by atoms with Crippen molar-refractivity contribution in [1.29, 1.82) is 0 Å². The molecule has 2 fully saturated rings. The van der Waals surface area contributed by atoms with Crippen molar-refractivity contribution in [2.75, 3.05) is 19.6 Å². The number of imide groups is 1. The molecule has 1 unspecified atom stereocenters. The Morgan fingerprint density at radius 2 is 1.75 bits per heavy atom. The number of carbonyl (C=O) groups is 4. The van der Waals surface area contributed by atoms with Crippen LogP contribution in [0.25, 0.3) is 0 Å². The summed E-state index contributed by atoms with van der Waals surface area (Å²) < 4.78 is 0. The summed E-state index contributed by atoms with van der Waals surface area (Å²) in [5.41, 5.74) is 0. The van der Waals surface area contributed by atoms with Gasteiger partial charge in [-0.05, 0) is 0 Å². The molecule has 1 atom stereocenters. The van der Waals surface area contributed by atoms with Crippen LogP contribution in [0.5, 0.6) is 0 Å². The SMILES string of the molecule is O=C1CC(C(=O)N2CC(=O)NC(=O)C2)CN1. The summed E-state index contributed by atoms with van der Waals surface area (Å²) >= 11 is 0. The van der Waals surface area contributed by atoms with Crippen LogP contribution < -0.4 is 10.6 Å². The van der Waals surface area contributed by atoms with E-state index < -0.39 is 17.7 Å². The Hall–Kier alpha value is -1.92. The molecule has 0 aromatic carbocycles. The molecule has 2 saturated heterocycles. The molecule has 16 heavy (non-hydrogen) atoms. The Labute approximate surface area is 91.2 Å². The molecule has 2 aliphatic heterocycles. The topological polar surface area (TPSA) is 95.6 Å². The smallest absolute Gasteiger partial charge is 0.246 e. The van der Waals surface area contributed by atoms with Crippen LogP contribution >= 0.6 is 0 Å². The quantitative estimate of drug-likeness (QED) is 0.486. The first kappa shape index (κ1) is 10.6. The highest BCUT2D eigenvalue weighted by molar-refractivity contribution is 6.03. The van der Waals surface area contributed by atoms with Gasteiger partial charge in [0.1, 0.15) is 13.1 Å². The predicted molar refractivity (Wildman–Crippen MR) is 50.8 cm³/mol. The van der Waals surface area contributed by atoms with Crippen LogP contribution in [0.15, 0.2) is 0 Å². The van der Waals surface area contributed by atoms with E-state index in [0.29, 0.717) is 0 Å². The summed E-state index contributed by atoms with van der Waals surface area (Å²) in [6.45, 7) is 0.0501. The Kier molecular flexibility index (Phi) is 2.59. The van der Waals surface area contributed by atoms with E-state index in [1.165, 1.54) is 4.90 Å². The van der Waals surface area contributed by atoms with Crippen LogP contribution in [0, 0.1) is 5.92 Å². The summed E-state index contributed by atoms with van der Waals surface area (Å²) in [5.74, 6) is -1.91. The van der Waals surface area contributed by atoms with Gasteiger partial charge in [0.15, 0.2) is 0 Å². The molecule has 2 N–H and O–H groups in total. The first-order valence-electron chi connectivity index (χ1n) is 4.94. The van der Waals surface area contributed by atoms with Gasteiger partial charge in [0.05, 0.1) is 5.92 Å². The zero-order valence-electron chi connectivity index (χ0n) is 8.49. The summed E-state index contributed by atoms with van der Waals surface area (Å²) in [4.78, 5) is 46.1. The lowest BCUT2D eigenvalue weighted by Crippen LogP contribution is -2.54. The highest BCUT2D eigenvalue weighted by Crippen LogP contribution is 2.13. The van der Waals surface area contributed by atoms with E-state index >= 15 is 0 Å². The first-order chi connectivity index (χ1) is 7.56. The molecule has 0 aliphatic carbocycles. The average Bonchev–Trinajstić information content (AvgIpc) is 2.62. The van der Waals surface area contributed by atoms with Gasteiger partial charge in [0.2, 0.25) is 23.6 Å². The van der Waals surface area contributed by atoms with Crippen LogP contribution in [0.2, 0.25) is 0 Å². The molecule has 2 aliphatic rings.